The van der Waals surface area contributed by atoms with E-state index in [-0.39, 0.29) is 12.1 Å². The lowest BCUT2D eigenvalue weighted by atomic mass is 9.89. The number of hydrogen-bond acceptors (Lipinski definition) is 2. The molecule has 3 N–H and O–H groups in total. The number of hydrogen-bond donors (Lipinski definition) is 2. The van der Waals surface area contributed by atoms with Crippen LogP contribution < -0.4 is 5.73 Å². The molecule has 4 nitrogen and oxygen atoms in total. The maximum absolute atomic E-state index is 15.7. The van der Waals surface area contributed by atoms with E-state index in [0.29, 0.717) is 35.3 Å². The predicted octanol–water partition coefficient (Wildman–Crippen LogP) is 5.91. The molecule has 1 amide bonds. The van der Waals surface area contributed by atoms with Crippen molar-refractivity contribution in [1.29, 1.82) is 0 Å². The molecule has 0 spiro atoms. The predicted molar refractivity (Wildman–Crippen MR) is 131 cm³/mol. The number of carbonyl (C=O) groups is 1. The van der Waals surface area contributed by atoms with Crippen molar-refractivity contribution in [2.45, 2.75) is 32.0 Å². The Hall–Kier alpha value is -3.58. The van der Waals surface area contributed by atoms with Crippen molar-refractivity contribution >= 4 is 16.8 Å². The molecule has 3 aromatic carbocycles. The van der Waals surface area contributed by atoms with Gasteiger partial charge in [-0.3, -0.25) is 9.69 Å². The number of aromatic amines is 1. The lowest BCUT2D eigenvalue weighted by Gasteiger charge is -2.38. The van der Waals surface area contributed by atoms with Crippen LogP contribution in [0.25, 0.3) is 22.0 Å². The molecule has 2 heterocycles. The minimum absolute atomic E-state index is 0.0294. The number of primary amides is 1. The Morgan fingerprint density at radius 3 is 2.34 bits per heavy atom. The number of alkyl halides is 1. The van der Waals surface area contributed by atoms with Crippen LogP contribution in [0.1, 0.15) is 47.1 Å². The molecule has 7 heteroatoms. The van der Waals surface area contributed by atoms with E-state index >= 15 is 8.78 Å². The van der Waals surface area contributed by atoms with Gasteiger partial charge in [0.2, 0.25) is 5.91 Å². The van der Waals surface area contributed by atoms with Gasteiger partial charge in [0.15, 0.2) is 0 Å². The minimum Gasteiger partial charge on any atom is -0.366 e. The van der Waals surface area contributed by atoms with Crippen LogP contribution in [0, 0.1) is 11.6 Å². The van der Waals surface area contributed by atoms with Crippen molar-refractivity contribution in [3.63, 3.8) is 0 Å². The standard InChI is InChI=1S/C28H26F3N3O/c1-28(2,31)15-34-12-11-20-19-5-3-4-6-23(19)33-25(20)26(34)24-21(29)13-18(14-22(24)30)16-7-9-17(10-8-16)27(32)35/h3-10,13-14,26,33H,11-12,15H2,1-2H3,(H2,32,35). The van der Waals surface area contributed by atoms with Crippen molar-refractivity contribution in [2.24, 2.45) is 5.73 Å². The number of halogens is 3. The highest BCUT2D eigenvalue weighted by atomic mass is 19.1. The summed E-state index contributed by atoms with van der Waals surface area (Å²) in [7, 11) is 0. The summed E-state index contributed by atoms with van der Waals surface area (Å²) >= 11 is 0. The second-order valence-corrected chi connectivity index (χ2v) is 9.70. The first kappa shape index (κ1) is 23.2. The van der Waals surface area contributed by atoms with E-state index in [0.717, 1.165) is 16.5 Å². The Balaban J connectivity index is 1.63. The summed E-state index contributed by atoms with van der Waals surface area (Å²) in [6.45, 7) is 3.44. The molecule has 1 aliphatic rings. The molecule has 0 fully saturated rings. The number of H-pyrrole nitrogens is 1. The molecule has 0 radical (unpaired) electrons. The van der Waals surface area contributed by atoms with Gasteiger partial charge < -0.3 is 10.7 Å². The molecule has 1 aromatic heterocycles. The number of aromatic nitrogens is 1. The van der Waals surface area contributed by atoms with E-state index in [1.54, 1.807) is 17.0 Å². The van der Waals surface area contributed by atoms with Crippen molar-refractivity contribution < 1.29 is 18.0 Å². The smallest absolute Gasteiger partial charge is 0.248 e. The van der Waals surface area contributed by atoms with Crippen LogP contribution in [0.15, 0.2) is 60.7 Å². The fourth-order valence-corrected chi connectivity index (χ4v) is 5.11. The highest BCUT2D eigenvalue weighted by Gasteiger charge is 2.37. The largest absolute Gasteiger partial charge is 0.366 e. The van der Waals surface area contributed by atoms with Crippen molar-refractivity contribution in [2.75, 3.05) is 13.1 Å². The summed E-state index contributed by atoms with van der Waals surface area (Å²) in [5, 5.41) is 1.01. The van der Waals surface area contributed by atoms with Crippen molar-refractivity contribution in [3.05, 3.63) is 94.7 Å². The number of nitrogens with two attached hydrogens (primary N) is 1. The third-order valence-electron chi connectivity index (χ3n) is 6.57. The fourth-order valence-electron chi connectivity index (χ4n) is 5.11. The third kappa shape index (κ3) is 4.32. The number of para-hydroxylation sites is 1. The van der Waals surface area contributed by atoms with E-state index in [9.17, 15) is 9.18 Å². The van der Waals surface area contributed by atoms with E-state index in [1.165, 1.54) is 38.1 Å². The van der Waals surface area contributed by atoms with Crippen LogP contribution in [0.4, 0.5) is 13.2 Å². The lowest BCUT2D eigenvalue weighted by Crippen LogP contribution is -2.43. The maximum Gasteiger partial charge on any atom is 0.248 e. The maximum atomic E-state index is 15.7. The summed E-state index contributed by atoms with van der Waals surface area (Å²) in [6.07, 6.45) is 0.652. The topological polar surface area (TPSA) is 62.1 Å². The first-order chi connectivity index (χ1) is 16.6. The first-order valence-electron chi connectivity index (χ1n) is 11.5. The summed E-state index contributed by atoms with van der Waals surface area (Å²) < 4.78 is 46.1. The Morgan fingerprint density at radius 1 is 1.06 bits per heavy atom. The monoisotopic (exact) mass is 477 g/mol. The van der Waals surface area contributed by atoms with Crippen molar-refractivity contribution in [1.82, 2.24) is 9.88 Å². The van der Waals surface area contributed by atoms with Gasteiger partial charge in [0.05, 0.1) is 6.04 Å². The Labute approximate surface area is 201 Å². The molecule has 5 rings (SSSR count). The van der Waals surface area contributed by atoms with Crippen LogP contribution in [-0.4, -0.2) is 34.5 Å². The molecule has 0 bridgehead atoms. The van der Waals surface area contributed by atoms with Crippen LogP contribution >= 0.6 is 0 Å². The van der Waals surface area contributed by atoms with Gasteiger partial charge in [0, 0.05) is 40.8 Å². The molecule has 0 saturated heterocycles. The minimum atomic E-state index is -1.54. The molecule has 0 saturated carbocycles. The number of nitrogens with one attached hydrogen (secondary N) is 1. The van der Waals surface area contributed by atoms with Gasteiger partial charge in [-0.15, -0.1) is 0 Å². The van der Waals surface area contributed by atoms with Gasteiger partial charge in [-0.05, 0) is 67.3 Å². The first-order valence-corrected chi connectivity index (χ1v) is 11.5. The quantitative estimate of drug-likeness (QED) is 0.376. The number of nitrogens with zero attached hydrogens (tertiary/aromatic N) is 1. The van der Waals surface area contributed by atoms with Gasteiger partial charge in [-0.25, -0.2) is 13.2 Å². The van der Waals surface area contributed by atoms with Gasteiger partial charge in [0.25, 0.3) is 0 Å². The summed E-state index contributed by atoms with van der Waals surface area (Å²) in [6, 6.07) is 15.8. The Bertz CT molecular complexity index is 1400. The molecular formula is C28H26F3N3O. The van der Waals surface area contributed by atoms with Crippen LogP contribution in [0.2, 0.25) is 0 Å². The van der Waals surface area contributed by atoms with Crippen LogP contribution in [-0.2, 0) is 6.42 Å². The molecule has 4 aromatic rings. The van der Waals surface area contributed by atoms with Gasteiger partial charge >= 0.3 is 0 Å². The van der Waals surface area contributed by atoms with Crippen LogP contribution in [0.5, 0.6) is 0 Å². The summed E-state index contributed by atoms with van der Waals surface area (Å²) in [4.78, 5) is 16.5. The molecule has 1 atom stereocenters. The average molecular weight is 478 g/mol. The van der Waals surface area contributed by atoms with Gasteiger partial charge in [-0.2, -0.15) is 0 Å². The molecular weight excluding hydrogens is 451 g/mol. The summed E-state index contributed by atoms with van der Waals surface area (Å²) in [5.41, 5.74) is 7.41. The van der Waals surface area contributed by atoms with E-state index in [2.05, 4.69) is 4.98 Å². The lowest BCUT2D eigenvalue weighted by molar-refractivity contribution is 0.0962. The second-order valence-electron chi connectivity index (χ2n) is 9.70. The summed E-state index contributed by atoms with van der Waals surface area (Å²) in [5.74, 6) is -2.00. The Kier molecular flexibility index (Phi) is 5.68. The van der Waals surface area contributed by atoms with Crippen LogP contribution in [0.3, 0.4) is 0 Å². The highest BCUT2D eigenvalue weighted by Crippen LogP contribution is 2.41. The van der Waals surface area contributed by atoms with E-state index < -0.39 is 29.3 Å². The van der Waals surface area contributed by atoms with Crippen molar-refractivity contribution in [3.8, 4) is 11.1 Å². The highest BCUT2D eigenvalue weighted by molar-refractivity contribution is 5.93. The number of carbonyl (C=O) groups excluding carboxylic acids is 1. The van der Waals surface area contributed by atoms with Gasteiger partial charge in [0.1, 0.15) is 17.3 Å². The Morgan fingerprint density at radius 2 is 1.71 bits per heavy atom. The third-order valence-corrected chi connectivity index (χ3v) is 6.57. The van der Waals surface area contributed by atoms with Gasteiger partial charge in [-0.1, -0.05) is 30.3 Å². The molecule has 180 valence electrons. The molecule has 0 aliphatic carbocycles. The van der Waals surface area contributed by atoms with E-state index in [4.69, 9.17) is 5.73 Å². The zero-order chi connectivity index (χ0) is 24.9. The normalized spacial score (nSPS) is 16.4. The molecule has 35 heavy (non-hydrogen) atoms. The SMILES string of the molecule is CC(C)(F)CN1CCc2c([nH]c3ccccc23)C1c1c(F)cc(-c2ccc(C(N)=O)cc2)cc1F. The molecule has 1 unspecified atom stereocenters. The fraction of sp³-hybridized carbons (Fsp3) is 0.250. The number of amides is 1. The number of fused-ring (bicyclic) bond motifs is 3. The molecule has 1 aliphatic heterocycles. The average Bonchev–Trinajstić information content (AvgIpc) is 3.17. The zero-order valence-electron chi connectivity index (χ0n) is 19.5. The van der Waals surface area contributed by atoms with E-state index in [1.807, 2.05) is 24.3 Å². The number of benzene rings is 3. The second kappa shape index (κ2) is 8.57. The zero-order valence-corrected chi connectivity index (χ0v) is 19.5. The number of rotatable bonds is 5.